The standard InChI is InChI=1S/C27H30F2N2O4/c1-30(25(32)18-6-7-18)24(15-19-8-9-22(28)16-23(19)29)17-10-12-31(13-11-17)26(33)20-4-3-5-21(14-20)27(34)35-2/h3-5,8-9,14,16-18,24H,6-7,10-13,15H2,1-2H3. The van der Waals surface area contributed by atoms with Crippen molar-refractivity contribution in [2.45, 2.75) is 38.1 Å². The van der Waals surface area contributed by atoms with Gasteiger partial charge in [-0.25, -0.2) is 13.6 Å². The number of rotatable bonds is 7. The Bertz CT molecular complexity index is 1110. The highest BCUT2D eigenvalue weighted by atomic mass is 19.1. The Morgan fingerprint density at radius 3 is 2.34 bits per heavy atom. The van der Waals surface area contributed by atoms with Crippen LogP contribution in [0.25, 0.3) is 0 Å². The third kappa shape index (κ3) is 5.69. The molecule has 4 rings (SSSR count). The molecule has 0 radical (unpaired) electrons. The molecule has 6 nitrogen and oxygen atoms in total. The molecule has 2 aromatic rings. The first-order valence-electron chi connectivity index (χ1n) is 12.0. The van der Waals surface area contributed by atoms with Crippen molar-refractivity contribution in [2.24, 2.45) is 11.8 Å². The molecule has 0 N–H and O–H groups in total. The molecule has 8 heteroatoms. The molecular formula is C27H30F2N2O4. The summed E-state index contributed by atoms with van der Waals surface area (Å²) in [6, 6.07) is 9.76. The number of carbonyl (C=O) groups is 3. The van der Waals surface area contributed by atoms with E-state index in [0.29, 0.717) is 49.0 Å². The van der Waals surface area contributed by atoms with E-state index < -0.39 is 17.6 Å². The Morgan fingerprint density at radius 1 is 1.03 bits per heavy atom. The molecule has 35 heavy (non-hydrogen) atoms. The first-order valence-corrected chi connectivity index (χ1v) is 12.0. The summed E-state index contributed by atoms with van der Waals surface area (Å²) >= 11 is 0. The van der Waals surface area contributed by atoms with E-state index >= 15 is 0 Å². The second-order valence-corrected chi connectivity index (χ2v) is 9.43. The van der Waals surface area contributed by atoms with Crippen LogP contribution in [0, 0.1) is 23.5 Å². The number of ether oxygens (including phenoxy) is 1. The van der Waals surface area contributed by atoms with Gasteiger partial charge in [0, 0.05) is 43.7 Å². The van der Waals surface area contributed by atoms with Gasteiger partial charge in [-0.15, -0.1) is 0 Å². The highest BCUT2D eigenvalue weighted by Crippen LogP contribution is 2.34. The van der Waals surface area contributed by atoms with Crippen molar-refractivity contribution in [1.29, 1.82) is 0 Å². The van der Waals surface area contributed by atoms with Crippen LogP contribution in [0.4, 0.5) is 8.78 Å². The molecule has 1 atom stereocenters. The average Bonchev–Trinajstić information content (AvgIpc) is 3.72. The minimum Gasteiger partial charge on any atom is -0.465 e. The summed E-state index contributed by atoms with van der Waals surface area (Å²) in [5, 5.41) is 0. The van der Waals surface area contributed by atoms with Gasteiger partial charge in [-0.2, -0.15) is 0 Å². The molecule has 1 saturated heterocycles. The molecule has 1 saturated carbocycles. The van der Waals surface area contributed by atoms with Crippen LogP contribution < -0.4 is 0 Å². The van der Waals surface area contributed by atoms with Gasteiger partial charge in [0.25, 0.3) is 5.91 Å². The second kappa shape index (κ2) is 10.5. The lowest BCUT2D eigenvalue weighted by molar-refractivity contribution is -0.134. The van der Waals surface area contributed by atoms with Crippen LogP contribution >= 0.6 is 0 Å². The maximum atomic E-state index is 14.5. The smallest absolute Gasteiger partial charge is 0.337 e. The first kappa shape index (κ1) is 24.8. The topological polar surface area (TPSA) is 66.9 Å². The molecule has 1 aliphatic carbocycles. The first-order chi connectivity index (χ1) is 16.8. The van der Waals surface area contributed by atoms with Gasteiger partial charge >= 0.3 is 5.97 Å². The van der Waals surface area contributed by atoms with Crippen molar-refractivity contribution in [3.63, 3.8) is 0 Å². The molecule has 1 heterocycles. The SMILES string of the molecule is COC(=O)c1cccc(C(=O)N2CCC(C(Cc3ccc(F)cc3F)N(C)C(=O)C3CC3)CC2)c1. The van der Waals surface area contributed by atoms with E-state index in [1.165, 1.54) is 25.3 Å². The number of methoxy groups -OCH3 is 1. The number of carbonyl (C=O) groups excluding carboxylic acids is 3. The Morgan fingerprint density at radius 2 is 1.71 bits per heavy atom. The molecule has 2 aliphatic rings. The zero-order valence-electron chi connectivity index (χ0n) is 20.0. The fourth-order valence-corrected chi connectivity index (χ4v) is 4.88. The summed E-state index contributed by atoms with van der Waals surface area (Å²) in [4.78, 5) is 41.2. The largest absolute Gasteiger partial charge is 0.465 e. The van der Waals surface area contributed by atoms with Crippen LogP contribution in [-0.4, -0.2) is 60.9 Å². The van der Waals surface area contributed by atoms with Gasteiger partial charge in [0.2, 0.25) is 5.91 Å². The molecule has 1 aliphatic heterocycles. The third-order valence-electron chi connectivity index (χ3n) is 7.12. The lowest BCUT2D eigenvalue weighted by Gasteiger charge is -2.40. The average molecular weight is 485 g/mol. The summed E-state index contributed by atoms with van der Waals surface area (Å²) in [5.74, 6) is -1.75. The number of piperidine rings is 1. The number of hydrogen-bond acceptors (Lipinski definition) is 4. The zero-order chi connectivity index (χ0) is 25.1. The molecular weight excluding hydrogens is 454 g/mol. The number of benzene rings is 2. The number of hydrogen-bond donors (Lipinski definition) is 0. The molecule has 0 aromatic heterocycles. The van der Waals surface area contributed by atoms with E-state index in [9.17, 15) is 23.2 Å². The number of esters is 1. The van der Waals surface area contributed by atoms with E-state index in [1.807, 2.05) is 0 Å². The second-order valence-electron chi connectivity index (χ2n) is 9.43. The molecule has 2 aromatic carbocycles. The number of amides is 2. The molecule has 2 fully saturated rings. The normalized spacial score (nSPS) is 17.1. The van der Waals surface area contributed by atoms with Crippen LogP contribution in [0.5, 0.6) is 0 Å². The third-order valence-corrected chi connectivity index (χ3v) is 7.12. The quantitative estimate of drug-likeness (QED) is 0.556. The van der Waals surface area contributed by atoms with Crippen molar-refractivity contribution in [2.75, 3.05) is 27.2 Å². The fourth-order valence-electron chi connectivity index (χ4n) is 4.88. The van der Waals surface area contributed by atoms with E-state index in [1.54, 1.807) is 35.0 Å². The van der Waals surface area contributed by atoms with Crippen molar-refractivity contribution < 1.29 is 27.9 Å². The monoisotopic (exact) mass is 484 g/mol. The summed E-state index contributed by atoms with van der Waals surface area (Å²) in [7, 11) is 3.06. The van der Waals surface area contributed by atoms with E-state index in [4.69, 9.17) is 4.74 Å². The molecule has 1 unspecified atom stereocenters. The predicted octanol–water partition coefficient (Wildman–Crippen LogP) is 4.08. The van der Waals surface area contributed by atoms with Crippen LogP contribution in [0.1, 0.15) is 52.0 Å². The van der Waals surface area contributed by atoms with Crippen LogP contribution in [0.15, 0.2) is 42.5 Å². The zero-order valence-corrected chi connectivity index (χ0v) is 20.0. The van der Waals surface area contributed by atoms with Crippen LogP contribution in [0.3, 0.4) is 0 Å². The number of halogens is 2. The maximum absolute atomic E-state index is 14.5. The lowest BCUT2D eigenvalue weighted by Crippen LogP contribution is -2.49. The number of likely N-dealkylation sites (N-methyl/N-ethyl adjacent to an activating group) is 1. The van der Waals surface area contributed by atoms with E-state index in [-0.39, 0.29) is 29.7 Å². The van der Waals surface area contributed by atoms with Crippen molar-refractivity contribution >= 4 is 17.8 Å². The Hall–Kier alpha value is -3.29. The minimum absolute atomic E-state index is 0.0318. The maximum Gasteiger partial charge on any atom is 0.337 e. The van der Waals surface area contributed by atoms with Gasteiger partial charge in [0.15, 0.2) is 0 Å². The van der Waals surface area contributed by atoms with Crippen LogP contribution in [-0.2, 0) is 16.0 Å². The van der Waals surface area contributed by atoms with Crippen molar-refractivity contribution in [3.05, 3.63) is 70.8 Å². The molecule has 0 bridgehead atoms. The summed E-state index contributed by atoms with van der Waals surface area (Å²) in [5.41, 5.74) is 1.11. The Kier molecular flexibility index (Phi) is 7.48. The van der Waals surface area contributed by atoms with E-state index in [2.05, 4.69) is 0 Å². The number of nitrogens with zero attached hydrogens (tertiary/aromatic N) is 2. The van der Waals surface area contributed by atoms with Gasteiger partial charge in [-0.1, -0.05) is 12.1 Å². The lowest BCUT2D eigenvalue weighted by atomic mass is 9.84. The number of likely N-dealkylation sites (tertiary alicyclic amines) is 1. The molecule has 0 spiro atoms. The summed E-state index contributed by atoms with van der Waals surface area (Å²) < 4.78 is 32.6. The van der Waals surface area contributed by atoms with E-state index in [0.717, 1.165) is 18.9 Å². The minimum atomic E-state index is -0.631. The highest BCUT2D eigenvalue weighted by molar-refractivity contribution is 5.98. The fraction of sp³-hybridized carbons (Fsp3) is 0.444. The summed E-state index contributed by atoms with van der Waals surface area (Å²) in [6.07, 6.45) is 3.34. The van der Waals surface area contributed by atoms with Gasteiger partial charge in [-0.05, 0) is 67.9 Å². The van der Waals surface area contributed by atoms with Crippen LogP contribution in [0.2, 0.25) is 0 Å². The Labute approximate surface area is 203 Å². The van der Waals surface area contributed by atoms with Gasteiger partial charge < -0.3 is 14.5 Å². The van der Waals surface area contributed by atoms with Crippen molar-refractivity contribution in [3.8, 4) is 0 Å². The highest BCUT2D eigenvalue weighted by Gasteiger charge is 2.38. The Balaban J connectivity index is 1.47. The van der Waals surface area contributed by atoms with Gasteiger partial charge in [-0.3, -0.25) is 9.59 Å². The van der Waals surface area contributed by atoms with Gasteiger partial charge in [0.1, 0.15) is 11.6 Å². The van der Waals surface area contributed by atoms with Crippen molar-refractivity contribution in [1.82, 2.24) is 9.80 Å². The predicted molar refractivity (Wildman–Crippen MR) is 126 cm³/mol. The summed E-state index contributed by atoms with van der Waals surface area (Å²) in [6.45, 7) is 0.972. The molecule has 186 valence electrons. The van der Waals surface area contributed by atoms with Gasteiger partial charge in [0.05, 0.1) is 12.7 Å². The molecule has 2 amide bonds.